The monoisotopic (exact) mass is 427 g/mol. The maximum Gasteiger partial charge on any atom is 0.256 e. The minimum Gasteiger partial charge on any atom is -0.459 e. The highest BCUT2D eigenvalue weighted by molar-refractivity contribution is 7.13. The van der Waals surface area contributed by atoms with Crippen molar-refractivity contribution >= 4 is 23.2 Å². The second-order valence-corrected chi connectivity index (χ2v) is 8.20. The van der Waals surface area contributed by atoms with Gasteiger partial charge >= 0.3 is 0 Å². The summed E-state index contributed by atoms with van der Waals surface area (Å²) in [6.45, 7) is 2.84. The fourth-order valence-electron chi connectivity index (χ4n) is 3.53. The molecule has 1 aromatic carbocycles. The number of likely N-dealkylation sites (tertiary alicyclic amines) is 1. The Morgan fingerprint density at radius 2 is 2.00 bits per heavy atom. The van der Waals surface area contributed by atoms with E-state index in [0.717, 1.165) is 10.8 Å². The molecule has 1 aliphatic heterocycles. The van der Waals surface area contributed by atoms with Gasteiger partial charge in [0.1, 0.15) is 11.6 Å². The molecule has 0 bridgehead atoms. The molecule has 2 amide bonds. The molecule has 156 valence electrons. The number of rotatable bonds is 5. The van der Waals surface area contributed by atoms with Crippen LogP contribution in [0.2, 0.25) is 0 Å². The predicted molar refractivity (Wildman–Crippen MR) is 112 cm³/mol. The third-order valence-electron chi connectivity index (χ3n) is 5.10. The van der Waals surface area contributed by atoms with E-state index in [2.05, 4.69) is 10.3 Å². The normalized spacial score (nSPS) is 14.7. The molecule has 6 nitrogen and oxygen atoms in total. The Bertz CT molecular complexity index is 1050. The number of hydrogen-bond donors (Lipinski definition) is 1. The number of aromatic nitrogens is 1. The number of carbonyl (C=O) groups excluding carboxylic acids is 2. The molecule has 0 atom stereocenters. The summed E-state index contributed by atoms with van der Waals surface area (Å²) in [5, 5.41) is 5.64. The summed E-state index contributed by atoms with van der Waals surface area (Å²) >= 11 is 1.45. The van der Waals surface area contributed by atoms with E-state index in [1.54, 1.807) is 17.0 Å². The van der Waals surface area contributed by atoms with Crippen LogP contribution in [0.5, 0.6) is 0 Å². The van der Waals surface area contributed by atoms with Crippen molar-refractivity contribution in [2.75, 3.05) is 13.1 Å². The van der Waals surface area contributed by atoms with Crippen molar-refractivity contribution in [2.24, 2.45) is 0 Å². The molecular weight excluding hydrogens is 405 g/mol. The van der Waals surface area contributed by atoms with Gasteiger partial charge in [0.25, 0.3) is 5.91 Å². The molecular formula is C22H22FN3O3S. The highest BCUT2D eigenvalue weighted by Crippen LogP contribution is 2.25. The highest BCUT2D eigenvalue weighted by atomic mass is 32.1. The Morgan fingerprint density at radius 3 is 2.70 bits per heavy atom. The molecule has 0 saturated carbocycles. The van der Waals surface area contributed by atoms with E-state index < -0.39 is 5.82 Å². The zero-order valence-electron chi connectivity index (χ0n) is 16.6. The third kappa shape index (κ3) is 4.59. The molecule has 1 aliphatic rings. The molecule has 0 aliphatic carbocycles. The summed E-state index contributed by atoms with van der Waals surface area (Å²) < 4.78 is 19.4. The average Bonchev–Trinajstić information content (AvgIpc) is 3.37. The van der Waals surface area contributed by atoms with Gasteiger partial charge in [0.05, 0.1) is 17.7 Å². The van der Waals surface area contributed by atoms with Gasteiger partial charge in [-0.1, -0.05) is 12.1 Å². The van der Waals surface area contributed by atoms with Crippen LogP contribution in [0.25, 0.3) is 10.8 Å². The zero-order chi connectivity index (χ0) is 21.1. The van der Waals surface area contributed by atoms with Crippen LogP contribution in [0.3, 0.4) is 0 Å². The first-order valence-electron chi connectivity index (χ1n) is 9.84. The van der Waals surface area contributed by atoms with E-state index in [0.29, 0.717) is 37.4 Å². The molecule has 30 heavy (non-hydrogen) atoms. The molecule has 3 heterocycles. The van der Waals surface area contributed by atoms with Crippen molar-refractivity contribution in [2.45, 2.75) is 32.2 Å². The summed E-state index contributed by atoms with van der Waals surface area (Å²) in [7, 11) is 0. The number of halogens is 1. The maximum absolute atomic E-state index is 13.8. The Kier molecular flexibility index (Phi) is 5.94. The standard InChI is InChI=1S/C22H22FN3O3S/c1-14-6-7-19(29-14)21-25-16(13-30-21)12-20(27)24-15-8-10-26(11-9-15)22(28)17-4-2-3-5-18(17)23/h2-7,13,15H,8-12H2,1H3,(H,24,27). The van der Waals surface area contributed by atoms with Crippen LogP contribution in [0.15, 0.2) is 46.2 Å². The van der Waals surface area contributed by atoms with Gasteiger partial charge in [-0.05, 0) is 44.0 Å². The van der Waals surface area contributed by atoms with Gasteiger partial charge in [-0.15, -0.1) is 11.3 Å². The maximum atomic E-state index is 13.8. The summed E-state index contributed by atoms with van der Waals surface area (Å²) in [6.07, 6.45) is 1.48. The van der Waals surface area contributed by atoms with Crippen molar-refractivity contribution in [1.29, 1.82) is 0 Å². The minimum absolute atomic E-state index is 0.00648. The lowest BCUT2D eigenvalue weighted by Gasteiger charge is -2.32. The quantitative estimate of drug-likeness (QED) is 0.672. The number of carbonyl (C=O) groups is 2. The number of benzene rings is 1. The average molecular weight is 428 g/mol. The molecule has 1 saturated heterocycles. The largest absolute Gasteiger partial charge is 0.459 e. The number of furan rings is 1. The lowest BCUT2D eigenvalue weighted by molar-refractivity contribution is -0.121. The van der Waals surface area contributed by atoms with Crippen molar-refractivity contribution in [3.63, 3.8) is 0 Å². The van der Waals surface area contributed by atoms with Crippen LogP contribution in [-0.2, 0) is 11.2 Å². The lowest BCUT2D eigenvalue weighted by atomic mass is 10.0. The smallest absolute Gasteiger partial charge is 0.256 e. The Labute approximate surface area is 177 Å². The van der Waals surface area contributed by atoms with Gasteiger partial charge in [-0.3, -0.25) is 9.59 Å². The fourth-order valence-corrected chi connectivity index (χ4v) is 4.31. The second kappa shape index (κ2) is 8.79. The highest BCUT2D eigenvalue weighted by Gasteiger charge is 2.26. The molecule has 1 N–H and O–H groups in total. The van der Waals surface area contributed by atoms with E-state index in [4.69, 9.17) is 4.42 Å². The van der Waals surface area contributed by atoms with Gasteiger partial charge in [0.2, 0.25) is 5.91 Å². The van der Waals surface area contributed by atoms with Crippen LogP contribution >= 0.6 is 11.3 Å². The number of amides is 2. The second-order valence-electron chi connectivity index (χ2n) is 7.34. The molecule has 4 rings (SSSR count). The molecule has 1 fully saturated rings. The molecule has 8 heteroatoms. The van der Waals surface area contributed by atoms with Crippen molar-refractivity contribution in [1.82, 2.24) is 15.2 Å². The number of nitrogens with one attached hydrogen (secondary N) is 1. The van der Waals surface area contributed by atoms with Gasteiger partial charge < -0.3 is 14.6 Å². The van der Waals surface area contributed by atoms with E-state index in [1.165, 1.54) is 23.5 Å². The van der Waals surface area contributed by atoms with Crippen molar-refractivity contribution < 1.29 is 18.4 Å². The third-order valence-corrected chi connectivity index (χ3v) is 6.00. The number of nitrogens with zero attached hydrogens (tertiary/aromatic N) is 2. The Hall–Kier alpha value is -3.00. The van der Waals surface area contributed by atoms with E-state index >= 15 is 0 Å². The number of aryl methyl sites for hydroxylation is 1. The van der Waals surface area contributed by atoms with Crippen LogP contribution in [-0.4, -0.2) is 40.8 Å². The first-order chi connectivity index (χ1) is 14.5. The minimum atomic E-state index is -0.509. The zero-order valence-corrected chi connectivity index (χ0v) is 17.4. The van der Waals surface area contributed by atoms with E-state index in [-0.39, 0.29) is 29.8 Å². The number of hydrogen-bond acceptors (Lipinski definition) is 5. The SMILES string of the molecule is Cc1ccc(-c2nc(CC(=O)NC3CCN(C(=O)c4ccccc4F)CC3)cs2)o1. The summed E-state index contributed by atoms with van der Waals surface area (Å²) in [5.74, 6) is 0.614. The van der Waals surface area contributed by atoms with Crippen LogP contribution in [0.4, 0.5) is 4.39 Å². The Balaban J connectivity index is 1.27. The molecule has 0 spiro atoms. The van der Waals surface area contributed by atoms with Gasteiger partial charge in [0, 0.05) is 24.5 Å². The van der Waals surface area contributed by atoms with Gasteiger partial charge in [-0.2, -0.15) is 0 Å². The molecule has 2 aromatic heterocycles. The topological polar surface area (TPSA) is 75.4 Å². The molecule has 3 aromatic rings. The summed E-state index contributed by atoms with van der Waals surface area (Å²) in [4.78, 5) is 31.0. The number of piperidine rings is 1. The summed E-state index contributed by atoms with van der Waals surface area (Å²) in [5.41, 5.74) is 0.791. The number of thiazole rings is 1. The van der Waals surface area contributed by atoms with Crippen LogP contribution < -0.4 is 5.32 Å². The van der Waals surface area contributed by atoms with Crippen molar-refractivity contribution in [3.05, 3.63) is 64.6 Å². The van der Waals surface area contributed by atoms with Crippen LogP contribution in [0, 0.1) is 12.7 Å². The van der Waals surface area contributed by atoms with Gasteiger partial charge in [-0.25, -0.2) is 9.37 Å². The van der Waals surface area contributed by atoms with E-state index in [9.17, 15) is 14.0 Å². The lowest BCUT2D eigenvalue weighted by Crippen LogP contribution is -2.47. The molecule has 0 unspecified atom stereocenters. The van der Waals surface area contributed by atoms with Crippen molar-refractivity contribution in [3.8, 4) is 10.8 Å². The molecule has 0 radical (unpaired) electrons. The first-order valence-corrected chi connectivity index (χ1v) is 10.7. The Morgan fingerprint density at radius 1 is 1.23 bits per heavy atom. The van der Waals surface area contributed by atoms with Crippen LogP contribution in [0.1, 0.15) is 34.7 Å². The first kappa shape index (κ1) is 20.3. The van der Waals surface area contributed by atoms with Gasteiger partial charge in [0.15, 0.2) is 10.8 Å². The fraction of sp³-hybridized carbons (Fsp3) is 0.318. The van der Waals surface area contributed by atoms with E-state index in [1.807, 2.05) is 24.4 Å². The summed E-state index contributed by atoms with van der Waals surface area (Å²) in [6, 6.07) is 9.75. The predicted octanol–water partition coefficient (Wildman–Crippen LogP) is 3.81.